The SMILES string of the molecule is CN1C(=C2SC(=Nc3cccc(Cl)c3)N(CCc3ccccc3)C2=O)Sc2ccc(Cl)cc21. The summed E-state index contributed by atoms with van der Waals surface area (Å²) in [5.74, 6) is -0.0371. The first-order valence-electron chi connectivity index (χ1n) is 10.3. The number of thioether (sulfide) groups is 2. The van der Waals surface area contributed by atoms with Crippen LogP contribution in [-0.4, -0.2) is 29.6 Å². The number of halogens is 2. The average Bonchev–Trinajstić information content (AvgIpc) is 3.29. The lowest BCUT2D eigenvalue weighted by molar-refractivity contribution is -0.122. The van der Waals surface area contributed by atoms with Crippen molar-refractivity contribution in [1.29, 1.82) is 0 Å². The van der Waals surface area contributed by atoms with Crippen LogP contribution in [0.2, 0.25) is 10.0 Å². The smallest absolute Gasteiger partial charge is 0.269 e. The second-order valence-corrected chi connectivity index (χ2v) is 10.5. The van der Waals surface area contributed by atoms with E-state index in [1.165, 1.54) is 17.3 Å². The lowest BCUT2D eigenvalue weighted by Gasteiger charge is -2.17. The number of carbonyl (C=O) groups is 1. The van der Waals surface area contributed by atoms with Gasteiger partial charge in [-0.2, -0.15) is 0 Å². The Bertz CT molecular complexity index is 1290. The van der Waals surface area contributed by atoms with Crippen molar-refractivity contribution < 1.29 is 4.79 Å². The van der Waals surface area contributed by atoms with Crippen LogP contribution < -0.4 is 4.90 Å². The zero-order chi connectivity index (χ0) is 22.9. The summed E-state index contributed by atoms with van der Waals surface area (Å²) in [6.07, 6.45) is 0.739. The van der Waals surface area contributed by atoms with Crippen LogP contribution in [-0.2, 0) is 11.2 Å². The first kappa shape index (κ1) is 22.4. The van der Waals surface area contributed by atoms with Gasteiger partial charge in [-0.3, -0.25) is 9.69 Å². The molecule has 2 aliphatic rings. The highest BCUT2D eigenvalue weighted by atomic mass is 35.5. The van der Waals surface area contributed by atoms with E-state index in [1.54, 1.807) is 22.7 Å². The molecule has 1 amide bonds. The van der Waals surface area contributed by atoms with E-state index in [4.69, 9.17) is 28.2 Å². The van der Waals surface area contributed by atoms with E-state index < -0.39 is 0 Å². The van der Waals surface area contributed by atoms with Gasteiger partial charge in [0, 0.05) is 28.5 Å². The molecule has 1 fully saturated rings. The Hall–Kier alpha value is -2.38. The Kier molecular flexibility index (Phi) is 6.43. The maximum atomic E-state index is 13.6. The Morgan fingerprint density at radius 1 is 0.909 bits per heavy atom. The molecule has 5 rings (SSSR count). The number of carbonyl (C=O) groups excluding carboxylic acids is 1. The first-order valence-corrected chi connectivity index (χ1v) is 12.7. The monoisotopic (exact) mass is 511 g/mol. The molecule has 0 atom stereocenters. The molecule has 2 heterocycles. The number of amides is 1. The minimum Gasteiger partial charge on any atom is -0.337 e. The standard InChI is InChI=1S/C25H19Cl2N3OS2/c1-29-20-15-18(27)10-11-21(20)32-24(29)22-23(31)30(13-12-16-6-3-2-4-7-16)25(33-22)28-19-9-5-8-17(26)14-19/h2-11,14-15H,12-13H2,1H3. The largest absolute Gasteiger partial charge is 0.337 e. The molecule has 166 valence electrons. The second kappa shape index (κ2) is 9.47. The van der Waals surface area contributed by atoms with Crippen LogP contribution in [0, 0.1) is 0 Å². The van der Waals surface area contributed by atoms with Crippen molar-refractivity contribution >= 4 is 69.2 Å². The van der Waals surface area contributed by atoms with E-state index >= 15 is 0 Å². The highest BCUT2D eigenvalue weighted by molar-refractivity contribution is 8.19. The van der Waals surface area contributed by atoms with E-state index in [1.807, 2.05) is 66.5 Å². The molecule has 0 bridgehead atoms. The van der Waals surface area contributed by atoms with Gasteiger partial charge >= 0.3 is 0 Å². The third-order valence-corrected chi connectivity index (χ3v) is 8.25. The molecule has 2 aliphatic heterocycles. The minimum atomic E-state index is -0.0371. The number of fused-ring (bicyclic) bond motifs is 1. The summed E-state index contributed by atoms with van der Waals surface area (Å²) < 4.78 is 0. The summed E-state index contributed by atoms with van der Waals surface area (Å²) in [5.41, 5.74) is 2.89. The molecule has 0 N–H and O–H groups in total. The predicted octanol–water partition coefficient (Wildman–Crippen LogP) is 7.21. The van der Waals surface area contributed by atoms with Gasteiger partial charge in [-0.1, -0.05) is 71.4 Å². The van der Waals surface area contributed by atoms with Gasteiger partial charge in [0.05, 0.1) is 16.4 Å². The number of amidine groups is 1. The van der Waals surface area contributed by atoms with Gasteiger partial charge in [-0.05, 0) is 60.1 Å². The maximum Gasteiger partial charge on any atom is 0.269 e. The summed E-state index contributed by atoms with van der Waals surface area (Å²) in [7, 11) is 1.96. The molecule has 0 saturated carbocycles. The molecule has 0 radical (unpaired) electrons. The molecule has 0 aliphatic carbocycles. The van der Waals surface area contributed by atoms with E-state index in [-0.39, 0.29) is 5.91 Å². The van der Waals surface area contributed by atoms with Crippen LogP contribution in [0.4, 0.5) is 11.4 Å². The lowest BCUT2D eigenvalue weighted by atomic mass is 10.1. The summed E-state index contributed by atoms with van der Waals surface area (Å²) in [5, 5.41) is 2.83. The fraction of sp³-hybridized carbons (Fsp3) is 0.120. The zero-order valence-electron chi connectivity index (χ0n) is 17.7. The van der Waals surface area contributed by atoms with E-state index in [9.17, 15) is 4.79 Å². The first-order chi connectivity index (χ1) is 16.0. The van der Waals surface area contributed by atoms with Crippen molar-refractivity contribution in [2.45, 2.75) is 11.3 Å². The zero-order valence-corrected chi connectivity index (χ0v) is 20.8. The molecule has 0 aromatic heterocycles. The molecular formula is C25H19Cl2N3OS2. The third-order valence-electron chi connectivity index (χ3n) is 5.35. The maximum absolute atomic E-state index is 13.6. The number of nitrogens with zero attached hydrogens (tertiary/aromatic N) is 3. The van der Waals surface area contributed by atoms with Gasteiger partial charge in [0.1, 0.15) is 4.91 Å². The molecule has 8 heteroatoms. The predicted molar refractivity (Wildman–Crippen MR) is 141 cm³/mol. The average molecular weight is 512 g/mol. The highest BCUT2D eigenvalue weighted by Crippen LogP contribution is 2.50. The van der Waals surface area contributed by atoms with Crippen LogP contribution in [0.3, 0.4) is 0 Å². The molecule has 0 unspecified atom stereocenters. The molecule has 1 saturated heterocycles. The van der Waals surface area contributed by atoms with Crippen molar-refractivity contribution in [3.8, 4) is 0 Å². The van der Waals surface area contributed by atoms with E-state index in [2.05, 4.69) is 12.1 Å². The quantitative estimate of drug-likeness (QED) is 0.346. The van der Waals surface area contributed by atoms with Crippen molar-refractivity contribution in [1.82, 2.24) is 4.90 Å². The summed E-state index contributed by atoms with van der Waals surface area (Å²) in [4.78, 5) is 24.0. The number of benzene rings is 3. The molecular weight excluding hydrogens is 493 g/mol. The van der Waals surface area contributed by atoms with Crippen LogP contribution in [0.1, 0.15) is 5.56 Å². The number of rotatable bonds is 4. The van der Waals surface area contributed by atoms with E-state index in [0.29, 0.717) is 26.7 Å². The van der Waals surface area contributed by atoms with Gasteiger partial charge in [-0.25, -0.2) is 4.99 Å². The number of hydrogen-bond acceptors (Lipinski definition) is 5. The Morgan fingerprint density at radius 2 is 1.70 bits per heavy atom. The van der Waals surface area contributed by atoms with Crippen molar-refractivity contribution in [3.63, 3.8) is 0 Å². The van der Waals surface area contributed by atoms with Gasteiger partial charge in [0.2, 0.25) is 0 Å². The molecule has 3 aromatic rings. The van der Waals surface area contributed by atoms with Crippen LogP contribution in [0.25, 0.3) is 0 Å². The third kappa shape index (κ3) is 4.66. The fourth-order valence-corrected chi connectivity index (χ4v) is 6.38. The number of hydrogen-bond donors (Lipinski definition) is 0. The summed E-state index contributed by atoms with van der Waals surface area (Å²) in [6, 6.07) is 23.3. The Labute approximate surface area is 211 Å². The number of aliphatic imine (C=N–C) groups is 1. The molecule has 0 spiro atoms. The van der Waals surface area contributed by atoms with Gasteiger partial charge in [-0.15, -0.1) is 0 Å². The van der Waals surface area contributed by atoms with Gasteiger partial charge in [0.25, 0.3) is 5.91 Å². The van der Waals surface area contributed by atoms with E-state index in [0.717, 1.165) is 27.7 Å². The van der Waals surface area contributed by atoms with Crippen molar-refractivity contribution in [2.75, 3.05) is 18.5 Å². The molecule has 33 heavy (non-hydrogen) atoms. The van der Waals surface area contributed by atoms with Crippen LogP contribution in [0.15, 0.2) is 92.6 Å². The minimum absolute atomic E-state index is 0.0371. The lowest BCUT2D eigenvalue weighted by Crippen LogP contribution is -2.31. The fourth-order valence-electron chi connectivity index (χ4n) is 3.68. The topological polar surface area (TPSA) is 35.9 Å². The van der Waals surface area contributed by atoms with Gasteiger partial charge < -0.3 is 4.90 Å². The second-order valence-electron chi connectivity index (χ2n) is 7.58. The Balaban J connectivity index is 1.51. The number of anilines is 1. The summed E-state index contributed by atoms with van der Waals surface area (Å²) >= 11 is 15.4. The van der Waals surface area contributed by atoms with Crippen molar-refractivity contribution in [3.05, 3.63) is 98.3 Å². The summed E-state index contributed by atoms with van der Waals surface area (Å²) in [6.45, 7) is 0.541. The Morgan fingerprint density at radius 3 is 2.48 bits per heavy atom. The molecule has 4 nitrogen and oxygen atoms in total. The molecule has 3 aromatic carbocycles. The van der Waals surface area contributed by atoms with Gasteiger partial charge in [0.15, 0.2) is 5.17 Å². The van der Waals surface area contributed by atoms with Crippen molar-refractivity contribution in [2.24, 2.45) is 4.99 Å². The van der Waals surface area contributed by atoms with Crippen LogP contribution in [0.5, 0.6) is 0 Å². The van der Waals surface area contributed by atoms with Crippen LogP contribution >= 0.6 is 46.7 Å². The normalized spacial score (nSPS) is 19.0. The highest BCUT2D eigenvalue weighted by Gasteiger charge is 2.39.